The maximum absolute atomic E-state index is 14.7. The molecular weight excluding hydrogens is 688 g/mol. The lowest BCUT2D eigenvalue weighted by molar-refractivity contribution is -0.757. The van der Waals surface area contributed by atoms with Crippen LogP contribution in [0.2, 0.25) is 0 Å². The van der Waals surface area contributed by atoms with Crippen LogP contribution in [0, 0.1) is 17.0 Å². The number of para-hydroxylation sites is 2. The van der Waals surface area contributed by atoms with E-state index in [4.69, 9.17) is 23.7 Å². The number of methoxy groups -OCH3 is 2. The average Bonchev–Trinajstić information content (AvgIpc) is 3.10. The van der Waals surface area contributed by atoms with Gasteiger partial charge in [0, 0.05) is 24.2 Å². The van der Waals surface area contributed by atoms with Gasteiger partial charge in [-0.05, 0) is 75.9 Å². The number of hydrogen-bond donors (Lipinski definition) is 0. The summed E-state index contributed by atoms with van der Waals surface area (Å²) in [5.41, 5.74) is -0.883. The molecule has 0 radical (unpaired) electrons. The minimum Gasteiger partial charge on any atom is -0.493 e. The van der Waals surface area contributed by atoms with Gasteiger partial charge in [0.1, 0.15) is 0 Å². The number of carbonyl (C=O) groups is 1. The van der Waals surface area contributed by atoms with Gasteiger partial charge in [0.15, 0.2) is 33.9 Å². The Kier molecular flexibility index (Phi) is 12.9. The lowest BCUT2D eigenvalue weighted by Gasteiger charge is -2.37. The highest BCUT2D eigenvalue weighted by molar-refractivity contribution is 7.92. The predicted octanol–water partition coefficient (Wildman–Crippen LogP) is 5.90. The first-order valence-electron chi connectivity index (χ1n) is 15.7. The number of ether oxygens (including phenoxy) is 5. The third-order valence-electron chi connectivity index (χ3n) is 7.09. The molecule has 3 aromatic heterocycles. The molecule has 4 aromatic rings. The van der Waals surface area contributed by atoms with Crippen molar-refractivity contribution in [1.82, 2.24) is 19.9 Å². The Bertz CT molecular complexity index is 1900. The normalized spacial score (nSPS) is 11.3. The smallest absolute Gasteiger partial charge is 0.493 e. The van der Waals surface area contributed by atoms with Gasteiger partial charge < -0.3 is 28.5 Å². The first-order chi connectivity index (χ1) is 24.4. The summed E-state index contributed by atoms with van der Waals surface area (Å²) in [5, 5.41) is 9.06. The number of unbranched alkanes of at least 4 members (excludes halogenated alkanes) is 3. The van der Waals surface area contributed by atoms with Crippen LogP contribution in [0.1, 0.15) is 45.1 Å². The fraction of sp³-hybridized carbons (Fsp3) is 0.364. The molecule has 1 aromatic carbocycles. The molecule has 0 N–H and O–H groups in total. The summed E-state index contributed by atoms with van der Waals surface area (Å²) < 4.78 is 58.4. The number of hydrogen-bond acceptors (Lipinski definition) is 15. The van der Waals surface area contributed by atoms with E-state index in [1.807, 2.05) is 0 Å². The maximum atomic E-state index is 14.7. The summed E-state index contributed by atoms with van der Waals surface area (Å²) in [7, 11) is -1.95. The number of pyridine rings is 2. The number of benzene rings is 1. The van der Waals surface area contributed by atoms with Crippen molar-refractivity contribution in [1.29, 1.82) is 0 Å². The van der Waals surface area contributed by atoms with Crippen molar-refractivity contribution in [2.75, 3.05) is 31.7 Å². The van der Waals surface area contributed by atoms with E-state index in [2.05, 4.69) is 24.8 Å². The van der Waals surface area contributed by atoms with Crippen LogP contribution in [0.5, 0.6) is 23.1 Å². The summed E-state index contributed by atoms with van der Waals surface area (Å²) in [6, 6.07) is 12.8. The molecule has 51 heavy (non-hydrogen) atoms. The average molecular weight is 727 g/mol. The van der Waals surface area contributed by atoms with Crippen LogP contribution in [-0.2, 0) is 24.3 Å². The first kappa shape index (κ1) is 38.0. The zero-order valence-corrected chi connectivity index (χ0v) is 29.5. The molecule has 0 amide bonds. The quantitative estimate of drug-likeness (QED) is 0.0384. The van der Waals surface area contributed by atoms with Gasteiger partial charge >= 0.3 is 6.16 Å². The van der Waals surface area contributed by atoms with Crippen molar-refractivity contribution < 1.29 is 46.8 Å². The Morgan fingerprint density at radius 3 is 2.24 bits per heavy atom. The highest BCUT2D eigenvalue weighted by Gasteiger charge is 2.45. The van der Waals surface area contributed by atoms with E-state index in [-0.39, 0.29) is 47.3 Å². The molecular formula is C33H38N6O11S. The van der Waals surface area contributed by atoms with Crippen LogP contribution in [0.25, 0.3) is 11.4 Å². The van der Waals surface area contributed by atoms with Gasteiger partial charge in [-0.1, -0.05) is 24.6 Å². The summed E-state index contributed by atoms with van der Waals surface area (Å²) in [5.74, 6) is -0.248. The Labute approximate surface area is 294 Å². The molecule has 4 rings (SSSR count). The maximum Gasteiger partial charge on any atom is 0.510 e. The molecule has 0 aliphatic heterocycles. The van der Waals surface area contributed by atoms with Crippen LogP contribution in [0.3, 0.4) is 0 Å². The molecule has 3 heterocycles. The van der Waals surface area contributed by atoms with E-state index in [9.17, 15) is 23.3 Å². The van der Waals surface area contributed by atoms with Gasteiger partial charge in [0.2, 0.25) is 5.75 Å². The van der Waals surface area contributed by atoms with Crippen LogP contribution >= 0.6 is 0 Å². The summed E-state index contributed by atoms with van der Waals surface area (Å²) in [6.45, 7) is 4.32. The summed E-state index contributed by atoms with van der Waals surface area (Å²) >= 11 is 0. The van der Waals surface area contributed by atoms with Crippen molar-refractivity contribution in [3.63, 3.8) is 0 Å². The first-order valence-corrected chi connectivity index (χ1v) is 17.1. The van der Waals surface area contributed by atoms with Gasteiger partial charge in [0.25, 0.3) is 21.0 Å². The molecule has 0 saturated carbocycles. The molecule has 0 unspecified atom stereocenters. The highest BCUT2D eigenvalue weighted by atomic mass is 32.2. The zero-order chi connectivity index (χ0) is 37.0. The van der Waals surface area contributed by atoms with E-state index in [0.717, 1.165) is 4.31 Å². The molecule has 18 heteroatoms. The fourth-order valence-electron chi connectivity index (χ4n) is 4.71. The van der Waals surface area contributed by atoms with Crippen LogP contribution < -0.4 is 18.5 Å². The number of aryl methyl sites for hydroxylation is 1. The minimum atomic E-state index is -4.71. The standard InChI is InChI=1S/C33H38N6O11S/c1-23-14-15-27(35-22-23)51(43,44)38(33(2,3)50-32(40)47-20-10-6-7-11-21-48-39(41)42)30-28(49-26-13-9-8-12-25(26)45-4)31(46-5)37-29(36-30)24-16-18-34-19-17-24/h8-9,12-19,22H,6-7,10-11,20-21H2,1-5H3. The third-order valence-corrected chi connectivity index (χ3v) is 8.95. The number of aromatic nitrogens is 4. The molecule has 0 spiro atoms. The molecule has 17 nitrogen and oxygen atoms in total. The fourth-order valence-corrected chi connectivity index (χ4v) is 6.29. The lowest BCUT2D eigenvalue weighted by atomic mass is 10.2. The van der Waals surface area contributed by atoms with Crippen LogP contribution in [0.15, 0.2) is 72.1 Å². The molecule has 0 bridgehead atoms. The molecule has 0 aliphatic rings. The van der Waals surface area contributed by atoms with E-state index >= 15 is 0 Å². The number of rotatable bonds is 18. The third kappa shape index (κ3) is 9.90. The number of anilines is 1. The largest absolute Gasteiger partial charge is 0.510 e. The molecule has 272 valence electrons. The second kappa shape index (κ2) is 17.2. The Morgan fingerprint density at radius 2 is 1.61 bits per heavy atom. The number of nitrogens with zero attached hydrogens (tertiary/aromatic N) is 6. The Hall–Kier alpha value is -5.78. The SMILES string of the molecule is COc1ccccc1Oc1c(OC)nc(-c2ccncc2)nc1N(C(C)(C)OC(=O)OCCCCCCO[N+](=O)[O-])S(=O)(=O)c1ccc(C)cn1. The Balaban J connectivity index is 1.80. The van der Waals surface area contributed by atoms with Gasteiger partial charge in [-0.25, -0.2) is 19.1 Å². The topological polar surface area (TPSA) is 205 Å². The van der Waals surface area contributed by atoms with Crippen molar-refractivity contribution in [2.24, 2.45) is 0 Å². The van der Waals surface area contributed by atoms with Gasteiger partial charge in [-0.2, -0.15) is 13.4 Å². The van der Waals surface area contributed by atoms with Gasteiger partial charge in [0.05, 0.1) is 27.4 Å². The van der Waals surface area contributed by atoms with E-state index in [0.29, 0.717) is 42.6 Å². The Morgan fingerprint density at radius 1 is 0.922 bits per heavy atom. The monoisotopic (exact) mass is 726 g/mol. The lowest BCUT2D eigenvalue weighted by Crippen LogP contribution is -2.51. The van der Waals surface area contributed by atoms with Crippen molar-refractivity contribution in [3.8, 4) is 34.5 Å². The molecule has 0 aliphatic carbocycles. The second-order valence-electron chi connectivity index (χ2n) is 11.3. The van der Waals surface area contributed by atoms with Crippen molar-refractivity contribution in [3.05, 3.63) is 82.8 Å². The summed E-state index contributed by atoms with van der Waals surface area (Å²) in [4.78, 5) is 45.1. The number of carbonyl (C=O) groups excluding carboxylic acids is 1. The molecule has 0 fully saturated rings. The van der Waals surface area contributed by atoms with Crippen LogP contribution in [0.4, 0.5) is 10.6 Å². The minimum absolute atomic E-state index is 0.0377. The summed E-state index contributed by atoms with van der Waals surface area (Å²) in [6.07, 6.45) is 5.27. The van der Waals surface area contributed by atoms with Crippen LogP contribution in [-0.4, -0.2) is 72.8 Å². The molecule has 0 atom stereocenters. The predicted molar refractivity (Wildman–Crippen MR) is 181 cm³/mol. The van der Waals surface area contributed by atoms with Gasteiger partial charge in [-0.15, -0.1) is 10.1 Å². The van der Waals surface area contributed by atoms with E-state index < -0.39 is 27.0 Å². The van der Waals surface area contributed by atoms with E-state index in [1.165, 1.54) is 52.7 Å². The van der Waals surface area contributed by atoms with Crippen molar-refractivity contribution in [2.45, 2.75) is 57.2 Å². The second-order valence-corrected chi connectivity index (χ2v) is 13.0. The van der Waals surface area contributed by atoms with E-state index in [1.54, 1.807) is 49.4 Å². The highest BCUT2D eigenvalue weighted by Crippen LogP contribution is 2.46. The zero-order valence-electron chi connectivity index (χ0n) is 28.7. The molecule has 0 saturated heterocycles. The van der Waals surface area contributed by atoms with Gasteiger partial charge in [-0.3, -0.25) is 4.98 Å². The van der Waals surface area contributed by atoms with Crippen molar-refractivity contribution >= 4 is 22.0 Å². The number of sulfonamides is 1.